The van der Waals surface area contributed by atoms with Gasteiger partial charge in [-0.25, -0.2) is 4.68 Å². The van der Waals surface area contributed by atoms with Gasteiger partial charge in [0.25, 0.3) is 0 Å². The number of hydrogen-bond acceptors (Lipinski definition) is 4. The summed E-state index contributed by atoms with van der Waals surface area (Å²) in [7, 11) is 0. The van der Waals surface area contributed by atoms with Crippen molar-refractivity contribution in [2.45, 2.75) is 13.8 Å². The number of ketones is 1. The van der Waals surface area contributed by atoms with Crippen molar-refractivity contribution in [2.24, 2.45) is 0 Å². The topological polar surface area (TPSA) is 57.0 Å². The third-order valence-electron chi connectivity index (χ3n) is 3.55. The Morgan fingerprint density at radius 1 is 1.04 bits per heavy atom. The van der Waals surface area contributed by atoms with Crippen LogP contribution in [0.4, 0.5) is 0 Å². The van der Waals surface area contributed by atoms with E-state index in [9.17, 15) is 4.79 Å². The summed E-state index contributed by atoms with van der Waals surface area (Å²) in [5.74, 6) is 0.467. The normalized spacial score (nSPS) is 10.5. The molecule has 0 unspecified atom stereocenters. The lowest BCUT2D eigenvalue weighted by Gasteiger charge is -2.05. The Morgan fingerprint density at radius 3 is 2.43 bits per heavy atom. The highest BCUT2D eigenvalue weighted by atomic mass is 16.5. The Balaban J connectivity index is 1.76. The number of carbonyl (C=O) groups excluding carboxylic acids is 1. The molecule has 23 heavy (non-hydrogen) atoms. The van der Waals surface area contributed by atoms with Crippen molar-refractivity contribution >= 4 is 5.78 Å². The number of hydrogen-bond donors (Lipinski definition) is 0. The maximum atomic E-state index is 12.3. The fourth-order valence-electron chi connectivity index (χ4n) is 2.25. The number of para-hydroxylation sites is 1. The van der Waals surface area contributed by atoms with Crippen molar-refractivity contribution in [3.63, 3.8) is 0 Å². The zero-order chi connectivity index (χ0) is 16.2. The number of rotatable bonds is 5. The zero-order valence-corrected chi connectivity index (χ0v) is 13.1. The Kier molecular flexibility index (Phi) is 4.19. The summed E-state index contributed by atoms with van der Waals surface area (Å²) in [5.41, 5.74) is 3.08. The van der Waals surface area contributed by atoms with Gasteiger partial charge in [0.05, 0.1) is 11.4 Å². The van der Waals surface area contributed by atoms with Crippen LogP contribution in [-0.4, -0.2) is 27.4 Å². The van der Waals surface area contributed by atoms with Crippen LogP contribution in [0.3, 0.4) is 0 Å². The van der Waals surface area contributed by atoms with Gasteiger partial charge >= 0.3 is 0 Å². The van der Waals surface area contributed by atoms with E-state index in [2.05, 4.69) is 10.3 Å². The number of benzene rings is 2. The summed E-state index contributed by atoms with van der Waals surface area (Å²) in [6.07, 6.45) is 0. The molecule has 1 heterocycles. The van der Waals surface area contributed by atoms with Crippen LogP contribution in [0.25, 0.3) is 5.69 Å². The average molecular weight is 307 g/mol. The fourth-order valence-corrected chi connectivity index (χ4v) is 2.25. The maximum Gasteiger partial charge on any atom is 0.222 e. The van der Waals surface area contributed by atoms with Gasteiger partial charge in [-0.05, 0) is 38.1 Å². The third-order valence-corrected chi connectivity index (χ3v) is 3.55. The fraction of sp³-hybridized carbons (Fsp3) is 0.167. The zero-order valence-electron chi connectivity index (χ0n) is 13.1. The van der Waals surface area contributed by atoms with Crippen molar-refractivity contribution in [1.29, 1.82) is 0 Å². The van der Waals surface area contributed by atoms with E-state index >= 15 is 0 Å². The van der Waals surface area contributed by atoms with Gasteiger partial charge in [0, 0.05) is 0 Å². The quantitative estimate of drug-likeness (QED) is 0.679. The monoisotopic (exact) mass is 307 g/mol. The van der Waals surface area contributed by atoms with E-state index in [0.29, 0.717) is 17.1 Å². The predicted octanol–water partition coefficient (Wildman–Crippen LogP) is 3.15. The maximum absolute atomic E-state index is 12.3. The van der Waals surface area contributed by atoms with E-state index in [0.717, 1.165) is 5.69 Å². The molecule has 0 amide bonds. The number of Topliss-reactive ketones (excluding diaryl/α,β-unsaturated/α-hetero) is 1. The summed E-state index contributed by atoms with van der Waals surface area (Å²) >= 11 is 0. The second kappa shape index (κ2) is 6.44. The first-order valence-corrected chi connectivity index (χ1v) is 7.35. The third kappa shape index (κ3) is 3.29. The molecule has 2 aromatic carbocycles. The number of nitrogens with zero attached hydrogens (tertiary/aromatic N) is 3. The highest BCUT2D eigenvalue weighted by Gasteiger charge is 2.17. The predicted molar refractivity (Wildman–Crippen MR) is 87.1 cm³/mol. The Labute approximate surface area is 134 Å². The van der Waals surface area contributed by atoms with E-state index in [1.807, 2.05) is 68.4 Å². The van der Waals surface area contributed by atoms with Gasteiger partial charge in [-0.1, -0.05) is 41.1 Å². The largest absolute Gasteiger partial charge is 0.485 e. The first kappa shape index (κ1) is 15.0. The molecule has 116 valence electrons. The molecular formula is C18H17N3O2. The molecule has 0 N–H and O–H groups in total. The van der Waals surface area contributed by atoms with Gasteiger partial charge in [0.1, 0.15) is 5.75 Å². The molecule has 0 fully saturated rings. The van der Waals surface area contributed by atoms with Crippen molar-refractivity contribution in [2.75, 3.05) is 6.61 Å². The van der Waals surface area contributed by atoms with Crippen LogP contribution in [0.15, 0.2) is 54.6 Å². The summed E-state index contributed by atoms with van der Waals surface area (Å²) in [4.78, 5) is 12.3. The molecule has 0 saturated carbocycles. The number of aryl methyl sites for hydroxylation is 1. The lowest BCUT2D eigenvalue weighted by atomic mass is 10.2. The van der Waals surface area contributed by atoms with Crippen molar-refractivity contribution in [1.82, 2.24) is 15.0 Å². The molecule has 0 saturated heterocycles. The molecule has 5 heteroatoms. The molecule has 0 spiro atoms. The first-order chi connectivity index (χ1) is 11.1. The van der Waals surface area contributed by atoms with Gasteiger partial charge in [0.15, 0.2) is 12.3 Å². The van der Waals surface area contributed by atoms with Crippen LogP contribution in [0.2, 0.25) is 0 Å². The summed E-state index contributed by atoms with van der Waals surface area (Å²) in [6.45, 7) is 3.79. The average Bonchev–Trinajstić information content (AvgIpc) is 2.96. The first-order valence-electron chi connectivity index (χ1n) is 7.35. The molecule has 5 nitrogen and oxygen atoms in total. The van der Waals surface area contributed by atoms with Crippen LogP contribution >= 0.6 is 0 Å². The molecule has 3 aromatic rings. The van der Waals surface area contributed by atoms with Crippen LogP contribution in [0.5, 0.6) is 5.75 Å². The molecule has 3 rings (SSSR count). The van der Waals surface area contributed by atoms with Gasteiger partial charge in [-0.2, -0.15) is 0 Å². The van der Waals surface area contributed by atoms with E-state index in [4.69, 9.17) is 4.74 Å². The number of ether oxygens (including phenoxy) is 1. The number of aromatic nitrogens is 3. The molecular weight excluding hydrogens is 290 g/mol. The molecule has 0 radical (unpaired) electrons. The van der Waals surface area contributed by atoms with Crippen molar-refractivity contribution in [3.8, 4) is 11.4 Å². The lowest BCUT2D eigenvalue weighted by molar-refractivity contribution is 0.0916. The summed E-state index contributed by atoms with van der Waals surface area (Å²) in [5, 5.41) is 8.09. The molecule has 0 aliphatic rings. The molecule has 0 aliphatic heterocycles. The highest BCUT2D eigenvalue weighted by Crippen LogP contribution is 2.14. The van der Waals surface area contributed by atoms with E-state index in [-0.39, 0.29) is 12.4 Å². The number of carbonyl (C=O) groups is 1. The Morgan fingerprint density at radius 2 is 1.74 bits per heavy atom. The minimum absolute atomic E-state index is 0.0581. The molecule has 0 aliphatic carbocycles. The van der Waals surface area contributed by atoms with Gasteiger partial charge in [-0.15, -0.1) is 5.10 Å². The van der Waals surface area contributed by atoms with E-state index in [1.165, 1.54) is 5.56 Å². The Hall–Kier alpha value is -2.95. The van der Waals surface area contributed by atoms with Crippen LogP contribution in [0.1, 0.15) is 21.7 Å². The van der Waals surface area contributed by atoms with Crippen LogP contribution < -0.4 is 4.74 Å². The van der Waals surface area contributed by atoms with E-state index in [1.54, 1.807) is 4.68 Å². The van der Waals surface area contributed by atoms with Crippen molar-refractivity contribution < 1.29 is 9.53 Å². The summed E-state index contributed by atoms with van der Waals surface area (Å²) in [6, 6.07) is 17.1. The molecule has 1 aromatic heterocycles. The highest BCUT2D eigenvalue weighted by molar-refractivity contribution is 5.96. The van der Waals surface area contributed by atoms with Gasteiger partial charge in [-0.3, -0.25) is 4.79 Å². The second-order valence-corrected chi connectivity index (χ2v) is 5.30. The van der Waals surface area contributed by atoms with Crippen molar-refractivity contribution in [3.05, 3.63) is 71.5 Å². The second-order valence-electron chi connectivity index (χ2n) is 5.30. The van der Waals surface area contributed by atoms with Crippen LogP contribution in [-0.2, 0) is 0 Å². The molecule has 0 atom stereocenters. The van der Waals surface area contributed by atoms with E-state index < -0.39 is 0 Å². The SMILES string of the molecule is Cc1ccc(-n2nnc(C(=O)COc3ccccc3)c2C)cc1. The minimum atomic E-state index is -0.190. The van der Waals surface area contributed by atoms with Gasteiger partial charge in [0.2, 0.25) is 5.78 Å². The minimum Gasteiger partial charge on any atom is -0.485 e. The standard InChI is InChI=1S/C18H17N3O2/c1-13-8-10-15(11-9-13)21-14(2)18(19-20-21)17(22)12-23-16-6-4-3-5-7-16/h3-11H,12H2,1-2H3. The Bertz CT molecular complexity index is 808. The van der Waals surface area contributed by atoms with Crippen LogP contribution in [0, 0.1) is 13.8 Å². The summed E-state index contributed by atoms with van der Waals surface area (Å²) < 4.78 is 7.14. The molecule has 0 bridgehead atoms. The van der Waals surface area contributed by atoms with Gasteiger partial charge < -0.3 is 4.74 Å². The smallest absolute Gasteiger partial charge is 0.222 e. The lowest BCUT2D eigenvalue weighted by Crippen LogP contribution is -2.13.